The largest absolute Gasteiger partial charge is 0.385 e. The topological polar surface area (TPSA) is 64.6 Å². The van der Waals surface area contributed by atoms with Crippen molar-refractivity contribution >= 4 is 55.3 Å². The lowest BCUT2D eigenvalue weighted by molar-refractivity contribution is 0.179. The quantitative estimate of drug-likeness (QED) is 0.453. The molecular formula is C18H20BrNO4S3. The highest BCUT2D eigenvalue weighted by molar-refractivity contribution is 9.10. The normalized spacial score (nSPS) is 14.3. The van der Waals surface area contributed by atoms with Gasteiger partial charge < -0.3 is 10.1 Å². The molecule has 27 heavy (non-hydrogen) atoms. The fourth-order valence-electron chi connectivity index (χ4n) is 2.56. The van der Waals surface area contributed by atoms with E-state index in [1.54, 1.807) is 30.6 Å². The minimum Gasteiger partial charge on any atom is -0.385 e. The zero-order chi connectivity index (χ0) is 19.4. The first kappa shape index (κ1) is 21.0. The number of nitrogens with one attached hydrogen (secondary N) is 1. The summed E-state index contributed by atoms with van der Waals surface area (Å²) in [6, 6.07) is 12.2. The molecule has 9 heteroatoms. The third-order valence-electron chi connectivity index (χ3n) is 3.83. The van der Waals surface area contributed by atoms with Crippen LogP contribution in [-0.2, 0) is 19.0 Å². The number of hydrogen-bond donors (Lipinski definition) is 1. The van der Waals surface area contributed by atoms with Gasteiger partial charge in [0.2, 0.25) is 0 Å². The van der Waals surface area contributed by atoms with Gasteiger partial charge in [-0.25, -0.2) is 0 Å². The van der Waals surface area contributed by atoms with Gasteiger partial charge in [-0.1, -0.05) is 29.6 Å². The van der Waals surface area contributed by atoms with Crippen molar-refractivity contribution in [3.8, 4) is 0 Å². The monoisotopic (exact) mass is 489 g/mol. The highest BCUT2D eigenvalue weighted by atomic mass is 79.9. The third-order valence-corrected chi connectivity index (χ3v) is 7.91. The first-order chi connectivity index (χ1) is 12.9. The molecule has 0 spiro atoms. The molecule has 0 bridgehead atoms. The Labute approximate surface area is 176 Å². The molecule has 1 atom stereocenters. The molecule has 5 nitrogen and oxygen atoms in total. The van der Waals surface area contributed by atoms with Gasteiger partial charge in [0.1, 0.15) is 0 Å². The minimum absolute atomic E-state index is 0.0664. The molecule has 2 aromatic carbocycles. The van der Waals surface area contributed by atoms with Crippen molar-refractivity contribution in [2.75, 3.05) is 31.9 Å². The number of hydrogen-bond acceptors (Lipinski definition) is 7. The van der Waals surface area contributed by atoms with E-state index in [0.29, 0.717) is 13.0 Å². The van der Waals surface area contributed by atoms with Gasteiger partial charge in [0, 0.05) is 43.5 Å². The summed E-state index contributed by atoms with van der Waals surface area (Å²) in [7, 11) is -1.86. The van der Waals surface area contributed by atoms with E-state index in [1.807, 2.05) is 12.1 Å². The van der Waals surface area contributed by atoms with Gasteiger partial charge in [0.25, 0.3) is 10.1 Å². The SMILES string of the molecule is COCCC(COS(C)(=O)=O)Nc1ccc2c(c1)Sc1cccc(Br)c1S2. The summed E-state index contributed by atoms with van der Waals surface area (Å²) >= 11 is 7.09. The molecule has 1 aliphatic heterocycles. The summed E-state index contributed by atoms with van der Waals surface area (Å²) in [4.78, 5) is 4.82. The lowest BCUT2D eigenvalue weighted by Crippen LogP contribution is -2.28. The number of methoxy groups -OCH3 is 1. The Kier molecular flexibility index (Phi) is 7.15. The lowest BCUT2D eigenvalue weighted by Gasteiger charge is -2.22. The van der Waals surface area contributed by atoms with Crippen LogP contribution in [0.3, 0.4) is 0 Å². The lowest BCUT2D eigenvalue weighted by atomic mass is 10.2. The average molecular weight is 490 g/mol. The number of ether oxygens (including phenoxy) is 1. The van der Waals surface area contributed by atoms with Crippen molar-refractivity contribution < 1.29 is 17.3 Å². The zero-order valence-electron chi connectivity index (χ0n) is 14.9. The van der Waals surface area contributed by atoms with E-state index in [0.717, 1.165) is 16.4 Å². The van der Waals surface area contributed by atoms with Gasteiger partial charge in [-0.15, -0.1) is 0 Å². The molecule has 1 aliphatic rings. The van der Waals surface area contributed by atoms with E-state index in [2.05, 4.69) is 45.5 Å². The molecule has 1 heterocycles. The highest BCUT2D eigenvalue weighted by Gasteiger charge is 2.20. The third kappa shape index (κ3) is 5.88. The van der Waals surface area contributed by atoms with Crippen molar-refractivity contribution in [3.05, 3.63) is 40.9 Å². The van der Waals surface area contributed by atoms with E-state index in [1.165, 1.54) is 19.6 Å². The second kappa shape index (κ2) is 9.19. The number of fused-ring (bicyclic) bond motifs is 2. The van der Waals surface area contributed by atoms with Gasteiger partial charge in [0.05, 0.1) is 18.9 Å². The van der Waals surface area contributed by atoms with Crippen LogP contribution in [-0.4, -0.2) is 41.0 Å². The van der Waals surface area contributed by atoms with Crippen LogP contribution in [0.25, 0.3) is 0 Å². The predicted octanol–water partition coefficient (Wildman–Crippen LogP) is 4.86. The Morgan fingerprint density at radius 3 is 2.70 bits per heavy atom. The second-order valence-corrected chi connectivity index (χ2v) is 10.7. The van der Waals surface area contributed by atoms with Gasteiger partial charge in [-0.3, -0.25) is 4.18 Å². The van der Waals surface area contributed by atoms with Crippen LogP contribution >= 0.6 is 39.5 Å². The maximum atomic E-state index is 11.3. The van der Waals surface area contributed by atoms with Crippen molar-refractivity contribution in [2.45, 2.75) is 32.0 Å². The Hall–Kier alpha value is -0.710. The van der Waals surface area contributed by atoms with Gasteiger partial charge >= 0.3 is 0 Å². The number of halogens is 1. The highest BCUT2D eigenvalue weighted by Crippen LogP contribution is 2.51. The molecule has 0 aliphatic carbocycles. The molecule has 0 saturated heterocycles. The predicted molar refractivity (Wildman–Crippen MR) is 114 cm³/mol. The van der Waals surface area contributed by atoms with Crippen molar-refractivity contribution in [3.63, 3.8) is 0 Å². The molecule has 1 N–H and O–H groups in total. The molecule has 2 aromatic rings. The number of benzene rings is 2. The average Bonchev–Trinajstić information content (AvgIpc) is 2.62. The van der Waals surface area contributed by atoms with Gasteiger partial charge in [0.15, 0.2) is 0 Å². The van der Waals surface area contributed by atoms with Crippen LogP contribution in [0.2, 0.25) is 0 Å². The van der Waals surface area contributed by atoms with Crippen LogP contribution in [0.15, 0.2) is 60.5 Å². The first-order valence-electron chi connectivity index (χ1n) is 8.24. The molecule has 0 aromatic heterocycles. The van der Waals surface area contributed by atoms with Crippen LogP contribution in [0.1, 0.15) is 6.42 Å². The van der Waals surface area contributed by atoms with E-state index >= 15 is 0 Å². The molecular weight excluding hydrogens is 470 g/mol. The summed E-state index contributed by atoms with van der Waals surface area (Å²) in [6.45, 7) is 0.582. The molecule has 0 saturated carbocycles. The standard InChI is InChI=1S/C18H20BrNO4S3/c1-23-9-8-13(11-24-27(2,21)22)20-12-6-7-15-17(10-12)25-16-5-3-4-14(19)18(16)26-15/h3-7,10,13,20H,8-9,11H2,1-2H3. The van der Waals surface area contributed by atoms with Gasteiger partial charge in [-0.05, 0) is 52.7 Å². The second-order valence-electron chi connectivity index (χ2n) is 6.04. The minimum atomic E-state index is -3.48. The Bertz CT molecular complexity index is 921. The summed E-state index contributed by atoms with van der Waals surface area (Å²) in [6.07, 6.45) is 1.70. The van der Waals surface area contributed by atoms with E-state index < -0.39 is 10.1 Å². The van der Waals surface area contributed by atoms with Crippen LogP contribution in [0, 0.1) is 0 Å². The molecule has 0 amide bonds. The van der Waals surface area contributed by atoms with Crippen molar-refractivity contribution in [1.29, 1.82) is 0 Å². The Morgan fingerprint density at radius 2 is 1.96 bits per heavy atom. The fraction of sp³-hybridized carbons (Fsp3) is 0.333. The number of anilines is 1. The van der Waals surface area contributed by atoms with Crippen molar-refractivity contribution in [2.24, 2.45) is 0 Å². The summed E-state index contributed by atoms with van der Waals surface area (Å²) < 4.78 is 33.8. The summed E-state index contributed by atoms with van der Waals surface area (Å²) in [5.74, 6) is 0. The van der Waals surface area contributed by atoms with Crippen LogP contribution in [0.4, 0.5) is 5.69 Å². The smallest absolute Gasteiger partial charge is 0.264 e. The molecule has 3 rings (SSSR count). The fourth-order valence-corrected chi connectivity index (χ4v) is 6.00. The Morgan fingerprint density at radius 1 is 1.15 bits per heavy atom. The summed E-state index contributed by atoms with van der Waals surface area (Å²) in [5, 5.41) is 3.37. The van der Waals surface area contributed by atoms with Crippen molar-refractivity contribution in [1.82, 2.24) is 0 Å². The number of rotatable bonds is 8. The van der Waals surface area contributed by atoms with Crippen LogP contribution in [0.5, 0.6) is 0 Å². The maximum Gasteiger partial charge on any atom is 0.264 e. The van der Waals surface area contributed by atoms with Gasteiger partial charge in [-0.2, -0.15) is 8.42 Å². The maximum absolute atomic E-state index is 11.3. The zero-order valence-corrected chi connectivity index (χ0v) is 18.9. The Balaban J connectivity index is 1.75. The van der Waals surface area contributed by atoms with E-state index in [4.69, 9.17) is 8.92 Å². The summed E-state index contributed by atoms with van der Waals surface area (Å²) in [5.41, 5.74) is 0.929. The molecule has 1 unspecified atom stereocenters. The molecule has 0 radical (unpaired) electrons. The van der Waals surface area contributed by atoms with E-state index in [9.17, 15) is 8.42 Å². The molecule has 0 fully saturated rings. The molecule has 146 valence electrons. The van der Waals surface area contributed by atoms with Crippen LogP contribution < -0.4 is 5.32 Å². The first-order valence-corrected chi connectivity index (χ1v) is 12.5. The van der Waals surface area contributed by atoms with E-state index in [-0.39, 0.29) is 12.6 Å².